The Labute approximate surface area is 90.0 Å². The molecule has 14 heavy (non-hydrogen) atoms. The fraction of sp³-hybridized carbons (Fsp3) is 0.846. The summed E-state index contributed by atoms with van der Waals surface area (Å²) in [6, 6.07) is 0. The van der Waals surface area contributed by atoms with Gasteiger partial charge in [0, 0.05) is 12.2 Å². The monoisotopic (exact) mass is 197 g/mol. The minimum Gasteiger partial charge on any atom is -0.389 e. The molecule has 0 amide bonds. The summed E-state index contributed by atoms with van der Waals surface area (Å²) >= 11 is 0. The van der Waals surface area contributed by atoms with E-state index in [1.54, 1.807) is 0 Å². The van der Waals surface area contributed by atoms with Crippen LogP contribution in [0.2, 0.25) is 0 Å². The van der Waals surface area contributed by atoms with E-state index in [2.05, 4.69) is 46.5 Å². The molecule has 1 heteroatoms. The first-order chi connectivity index (χ1) is 6.45. The van der Waals surface area contributed by atoms with E-state index in [1.165, 1.54) is 25.0 Å². The lowest BCUT2D eigenvalue weighted by Crippen LogP contribution is -2.24. The summed E-state index contributed by atoms with van der Waals surface area (Å²) in [6.07, 6.45) is 3.77. The predicted octanol–water partition coefficient (Wildman–Crippen LogP) is 3.96. The van der Waals surface area contributed by atoms with Gasteiger partial charge in [-0.15, -0.1) is 0 Å². The molecular weight excluding hydrogens is 170 g/mol. The Bertz CT molecular complexity index is 166. The molecule has 1 nitrogen and oxygen atoms in total. The van der Waals surface area contributed by atoms with E-state index in [-0.39, 0.29) is 0 Å². The van der Waals surface area contributed by atoms with E-state index in [4.69, 9.17) is 0 Å². The third kappa shape index (κ3) is 4.69. The van der Waals surface area contributed by atoms with Gasteiger partial charge in [-0.3, -0.25) is 0 Å². The fourth-order valence-corrected chi connectivity index (χ4v) is 1.33. The van der Waals surface area contributed by atoms with Gasteiger partial charge < -0.3 is 5.32 Å². The maximum absolute atomic E-state index is 4.01. The van der Waals surface area contributed by atoms with Crippen LogP contribution in [0.1, 0.15) is 53.9 Å². The Balaban J connectivity index is 3.78. The van der Waals surface area contributed by atoms with Crippen molar-refractivity contribution in [1.29, 1.82) is 0 Å². The fourth-order valence-electron chi connectivity index (χ4n) is 1.33. The van der Waals surface area contributed by atoms with Crippen LogP contribution in [0.3, 0.4) is 0 Å². The first-order valence-corrected chi connectivity index (χ1v) is 5.88. The second kappa shape index (κ2) is 6.10. The molecule has 0 aromatic carbocycles. The number of hydrogen-bond donors (Lipinski definition) is 1. The topological polar surface area (TPSA) is 12.0 Å². The maximum atomic E-state index is 4.01. The molecule has 0 radical (unpaired) electrons. The highest BCUT2D eigenvalue weighted by Crippen LogP contribution is 2.28. The molecule has 0 saturated carbocycles. The highest BCUT2D eigenvalue weighted by atomic mass is 14.9. The SMILES string of the molecule is C=C(NCCC(C)(CC)CC)C(C)C. The van der Waals surface area contributed by atoms with Gasteiger partial charge in [0.1, 0.15) is 0 Å². The van der Waals surface area contributed by atoms with E-state index < -0.39 is 0 Å². The molecular formula is C13H27N. The van der Waals surface area contributed by atoms with Crippen molar-refractivity contribution in [2.24, 2.45) is 11.3 Å². The summed E-state index contributed by atoms with van der Waals surface area (Å²) in [5, 5.41) is 3.41. The van der Waals surface area contributed by atoms with E-state index in [0.29, 0.717) is 11.3 Å². The zero-order valence-electron chi connectivity index (χ0n) is 10.6. The van der Waals surface area contributed by atoms with Crippen molar-refractivity contribution in [3.05, 3.63) is 12.3 Å². The normalized spacial score (nSPS) is 11.9. The highest BCUT2D eigenvalue weighted by Gasteiger charge is 2.18. The Morgan fingerprint density at radius 1 is 1.29 bits per heavy atom. The van der Waals surface area contributed by atoms with E-state index >= 15 is 0 Å². The molecule has 0 rings (SSSR count). The Hall–Kier alpha value is -0.460. The summed E-state index contributed by atoms with van der Waals surface area (Å²) in [4.78, 5) is 0. The van der Waals surface area contributed by atoms with Crippen molar-refractivity contribution in [2.75, 3.05) is 6.54 Å². The molecule has 0 aliphatic heterocycles. The molecule has 0 saturated heterocycles. The third-order valence-corrected chi connectivity index (χ3v) is 3.48. The van der Waals surface area contributed by atoms with Crippen LogP contribution in [0, 0.1) is 11.3 Å². The molecule has 0 bridgehead atoms. The average molecular weight is 197 g/mol. The average Bonchev–Trinajstić information content (AvgIpc) is 2.17. The zero-order valence-corrected chi connectivity index (χ0v) is 10.6. The summed E-state index contributed by atoms with van der Waals surface area (Å²) in [7, 11) is 0. The quantitative estimate of drug-likeness (QED) is 0.651. The van der Waals surface area contributed by atoms with Crippen LogP contribution in [0.4, 0.5) is 0 Å². The third-order valence-electron chi connectivity index (χ3n) is 3.48. The summed E-state index contributed by atoms with van der Waals surface area (Å²) in [5.41, 5.74) is 1.67. The van der Waals surface area contributed by atoms with Crippen LogP contribution in [0.5, 0.6) is 0 Å². The van der Waals surface area contributed by atoms with Crippen molar-refractivity contribution >= 4 is 0 Å². The predicted molar refractivity (Wildman–Crippen MR) is 65.3 cm³/mol. The van der Waals surface area contributed by atoms with Crippen molar-refractivity contribution < 1.29 is 0 Å². The van der Waals surface area contributed by atoms with Gasteiger partial charge in [-0.1, -0.05) is 54.0 Å². The van der Waals surface area contributed by atoms with Gasteiger partial charge in [0.15, 0.2) is 0 Å². The smallest absolute Gasteiger partial charge is 0.0149 e. The first kappa shape index (κ1) is 13.5. The van der Waals surface area contributed by atoms with Crippen molar-refractivity contribution in [2.45, 2.75) is 53.9 Å². The summed E-state index contributed by atoms with van der Waals surface area (Å²) in [5.74, 6) is 0.546. The number of nitrogens with one attached hydrogen (secondary N) is 1. The Morgan fingerprint density at radius 2 is 1.79 bits per heavy atom. The molecule has 0 aromatic rings. The second-order valence-electron chi connectivity index (χ2n) is 4.87. The standard InChI is InChI=1S/C13H27N/c1-7-13(6,8-2)9-10-14-12(5)11(3)4/h11,14H,5,7-10H2,1-4,6H3. The molecule has 0 heterocycles. The Kier molecular flexibility index (Phi) is 5.90. The second-order valence-corrected chi connectivity index (χ2v) is 4.87. The van der Waals surface area contributed by atoms with Crippen LogP contribution >= 0.6 is 0 Å². The maximum Gasteiger partial charge on any atom is 0.0149 e. The molecule has 84 valence electrons. The lowest BCUT2D eigenvalue weighted by atomic mass is 9.81. The van der Waals surface area contributed by atoms with Gasteiger partial charge in [-0.25, -0.2) is 0 Å². The van der Waals surface area contributed by atoms with Crippen molar-refractivity contribution in [1.82, 2.24) is 5.32 Å². The van der Waals surface area contributed by atoms with Crippen LogP contribution < -0.4 is 5.32 Å². The van der Waals surface area contributed by atoms with Gasteiger partial charge in [0.05, 0.1) is 0 Å². The van der Waals surface area contributed by atoms with Crippen LogP contribution in [0.15, 0.2) is 12.3 Å². The van der Waals surface area contributed by atoms with E-state index in [1.807, 2.05) is 0 Å². The van der Waals surface area contributed by atoms with Gasteiger partial charge >= 0.3 is 0 Å². The Morgan fingerprint density at radius 3 is 2.14 bits per heavy atom. The van der Waals surface area contributed by atoms with Crippen LogP contribution in [0.25, 0.3) is 0 Å². The molecule has 0 aliphatic carbocycles. The van der Waals surface area contributed by atoms with Crippen LogP contribution in [-0.4, -0.2) is 6.54 Å². The minimum absolute atomic E-state index is 0.504. The number of hydrogen-bond acceptors (Lipinski definition) is 1. The summed E-state index contributed by atoms with van der Waals surface area (Å²) in [6.45, 7) is 16.4. The lowest BCUT2D eigenvalue weighted by molar-refractivity contribution is 0.271. The van der Waals surface area contributed by atoms with Gasteiger partial charge in [-0.2, -0.15) is 0 Å². The molecule has 0 fully saturated rings. The minimum atomic E-state index is 0.504. The van der Waals surface area contributed by atoms with Crippen molar-refractivity contribution in [3.63, 3.8) is 0 Å². The molecule has 0 spiro atoms. The first-order valence-electron chi connectivity index (χ1n) is 5.88. The number of allylic oxidation sites excluding steroid dienone is 1. The summed E-state index contributed by atoms with van der Waals surface area (Å²) < 4.78 is 0. The molecule has 0 atom stereocenters. The number of rotatable bonds is 7. The highest BCUT2D eigenvalue weighted by molar-refractivity contribution is 4.94. The molecule has 1 N–H and O–H groups in total. The van der Waals surface area contributed by atoms with Gasteiger partial charge in [-0.05, 0) is 17.8 Å². The van der Waals surface area contributed by atoms with Crippen LogP contribution in [-0.2, 0) is 0 Å². The van der Waals surface area contributed by atoms with Gasteiger partial charge in [0.2, 0.25) is 0 Å². The molecule has 0 unspecified atom stereocenters. The largest absolute Gasteiger partial charge is 0.389 e. The lowest BCUT2D eigenvalue weighted by Gasteiger charge is -2.27. The van der Waals surface area contributed by atoms with Crippen molar-refractivity contribution in [3.8, 4) is 0 Å². The molecule has 0 aromatic heterocycles. The van der Waals surface area contributed by atoms with Gasteiger partial charge in [0.25, 0.3) is 0 Å². The van der Waals surface area contributed by atoms with E-state index in [9.17, 15) is 0 Å². The molecule has 0 aliphatic rings. The van der Waals surface area contributed by atoms with E-state index in [0.717, 1.165) is 6.54 Å². The zero-order chi connectivity index (χ0) is 11.2.